The van der Waals surface area contributed by atoms with E-state index in [0.29, 0.717) is 17.8 Å². The van der Waals surface area contributed by atoms with Crippen molar-refractivity contribution in [1.29, 1.82) is 0 Å². The first kappa shape index (κ1) is 16.0. The highest BCUT2D eigenvalue weighted by Gasteiger charge is 2.19. The summed E-state index contributed by atoms with van der Waals surface area (Å²) in [4.78, 5) is 17.9. The number of phenols is 2. The highest BCUT2D eigenvalue weighted by molar-refractivity contribution is 6.05. The third-order valence-corrected chi connectivity index (χ3v) is 3.26. The molecule has 5 heteroatoms. The molecular weight excluding hydrogens is 256 g/mol. The van der Waals surface area contributed by atoms with E-state index in [1.54, 1.807) is 25.9 Å². The number of phenolic OH excluding ortho intramolecular Hbond substituents is 2. The van der Waals surface area contributed by atoms with Crippen molar-refractivity contribution in [3.63, 3.8) is 0 Å². The van der Waals surface area contributed by atoms with E-state index in [9.17, 15) is 15.0 Å². The van der Waals surface area contributed by atoms with Gasteiger partial charge in [0.15, 0.2) is 0 Å². The van der Waals surface area contributed by atoms with Gasteiger partial charge in [-0.25, -0.2) is 0 Å². The molecule has 0 aliphatic rings. The van der Waals surface area contributed by atoms with Crippen LogP contribution in [-0.4, -0.2) is 47.4 Å². The largest absolute Gasteiger partial charge is 0.507 e. The molecule has 0 atom stereocenters. The van der Waals surface area contributed by atoms with Crippen molar-refractivity contribution in [3.8, 4) is 11.5 Å². The number of aromatic hydroxyl groups is 2. The van der Waals surface area contributed by atoms with Gasteiger partial charge in [-0.3, -0.25) is 9.79 Å². The van der Waals surface area contributed by atoms with Gasteiger partial charge in [-0.1, -0.05) is 13.3 Å². The topological polar surface area (TPSA) is 73.1 Å². The number of aliphatic imine (C=N–C) groups is 1. The first-order valence-corrected chi connectivity index (χ1v) is 6.67. The lowest BCUT2D eigenvalue weighted by Gasteiger charge is -2.18. The molecule has 0 heterocycles. The predicted octanol–water partition coefficient (Wildman–Crippen LogP) is 2.41. The van der Waals surface area contributed by atoms with Gasteiger partial charge in [0.25, 0.3) is 5.91 Å². The lowest BCUT2D eigenvalue weighted by atomic mass is 10.0. The van der Waals surface area contributed by atoms with Crippen molar-refractivity contribution < 1.29 is 15.0 Å². The fourth-order valence-corrected chi connectivity index (χ4v) is 1.86. The van der Waals surface area contributed by atoms with Crippen LogP contribution in [0.1, 0.15) is 42.6 Å². The van der Waals surface area contributed by atoms with E-state index < -0.39 is 0 Å². The van der Waals surface area contributed by atoms with E-state index >= 15 is 0 Å². The van der Waals surface area contributed by atoms with Gasteiger partial charge in [0.2, 0.25) is 0 Å². The van der Waals surface area contributed by atoms with Crippen LogP contribution in [0.4, 0.5) is 0 Å². The maximum atomic E-state index is 12.3. The molecule has 20 heavy (non-hydrogen) atoms. The number of benzene rings is 1. The van der Waals surface area contributed by atoms with Gasteiger partial charge >= 0.3 is 0 Å². The van der Waals surface area contributed by atoms with E-state index in [2.05, 4.69) is 11.9 Å². The van der Waals surface area contributed by atoms with Crippen LogP contribution in [0.3, 0.4) is 0 Å². The van der Waals surface area contributed by atoms with Gasteiger partial charge in [0.05, 0.1) is 5.56 Å². The Morgan fingerprint density at radius 1 is 1.25 bits per heavy atom. The number of amides is 1. The van der Waals surface area contributed by atoms with Crippen molar-refractivity contribution in [1.82, 2.24) is 4.90 Å². The molecule has 5 nitrogen and oxygen atoms in total. The van der Waals surface area contributed by atoms with Crippen LogP contribution in [0.25, 0.3) is 0 Å². The summed E-state index contributed by atoms with van der Waals surface area (Å²) < 4.78 is 0. The van der Waals surface area contributed by atoms with Crippen molar-refractivity contribution in [2.24, 2.45) is 4.99 Å². The first-order chi connectivity index (χ1) is 9.42. The summed E-state index contributed by atoms with van der Waals surface area (Å²) in [6.07, 6.45) is 1.90. The Hall–Kier alpha value is -2.04. The molecule has 2 N–H and O–H groups in total. The Labute approximate surface area is 119 Å². The Kier molecular flexibility index (Phi) is 5.55. The molecule has 0 bridgehead atoms. The Bertz CT molecular complexity index is 524. The van der Waals surface area contributed by atoms with Gasteiger partial charge in [0, 0.05) is 38.0 Å². The molecular formula is C15H22N2O3. The molecule has 0 saturated heterocycles. The van der Waals surface area contributed by atoms with Crippen LogP contribution in [-0.2, 0) is 0 Å². The van der Waals surface area contributed by atoms with Gasteiger partial charge in [0.1, 0.15) is 11.5 Å². The number of carbonyl (C=O) groups is 1. The number of hydrogen-bond donors (Lipinski definition) is 2. The average molecular weight is 278 g/mol. The normalized spacial score (nSPS) is 11.5. The van der Waals surface area contributed by atoms with Crippen LogP contribution in [0, 0.1) is 0 Å². The quantitative estimate of drug-likeness (QED) is 0.812. The maximum absolute atomic E-state index is 12.3. The van der Waals surface area contributed by atoms with Crippen molar-refractivity contribution in [2.75, 3.05) is 20.6 Å². The van der Waals surface area contributed by atoms with Crippen LogP contribution in [0.5, 0.6) is 11.5 Å². The van der Waals surface area contributed by atoms with Gasteiger partial charge in [-0.2, -0.15) is 0 Å². The van der Waals surface area contributed by atoms with Gasteiger partial charge in [-0.15, -0.1) is 0 Å². The van der Waals surface area contributed by atoms with Crippen molar-refractivity contribution in [2.45, 2.75) is 26.7 Å². The van der Waals surface area contributed by atoms with Crippen LogP contribution < -0.4 is 0 Å². The van der Waals surface area contributed by atoms with Crippen molar-refractivity contribution in [3.05, 3.63) is 23.3 Å². The molecule has 0 unspecified atom stereocenters. The number of unbranched alkanes of at least 4 members (excludes halogenated alkanes) is 1. The summed E-state index contributed by atoms with van der Waals surface area (Å²) in [5.74, 6) is -0.567. The smallest absolute Gasteiger partial charge is 0.257 e. The fraction of sp³-hybridized carbons (Fsp3) is 0.467. The maximum Gasteiger partial charge on any atom is 0.257 e. The van der Waals surface area contributed by atoms with E-state index in [1.807, 2.05) is 0 Å². The molecule has 0 spiro atoms. The second-order valence-corrected chi connectivity index (χ2v) is 4.78. The summed E-state index contributed by atoms with van der Waals surface area (Å²) in [6.45, 7) is 4.42. The van der Waals surface area contributed by atoms with E-state index in [0.717, 1.165) is 12.8 Å². The Morgan fingerprint density at radius 3 is 2.40 bits per heavy atom. The molecule has 1 aromatic rings. The minimum atomic E-state index is -0.263. The highest BCUT2D eigenvalue weighted by Crippen LogP contribution is 2.28. The standard InChI is InChI=1S/C15H22N2O3/c1-5-6-7-17(4)15(20)12-8-11(10(2)16-3)13(18)9-14(12)19/h8-9,18-19H,5-7H2,1-4H3. The van der Waals surface area contributed by atoms with Crippen LogP contribution in [0.15, 0.2) is 17.1 Å². The highest BCUT2D eigenvalue weighted by atomic mass is 16.3. The zero-order chi connectivity index (χ0) is 15.3. The molecule has 1 rings (SSSR count). The number of rotatable bonds is 5. The fourth-order valence-electron chi connectivity index (χ4n) is 1.86. The van der Waals surface area contributed by atoms with Crippen molar-refractivity contribution >= 4 is 11.6 Å². The van der Waals surface area contributed by atoms with E-state index in [-0.39, 0.29) is 23.0 Å². The van der Waals surface area contributed by atoms with Gasteiger partial charge in [-0.05, 0) is 19.4 Å². The minimum absolute atomic E-state index is 0.0849. The van der Waals surface area contributed by atoms with Gasteiger partial charge < -0.3 is 15.1 Å². The first-order valence-electron chi connectivity index (χ1n) is 6.67. The zero-order valence-electron chi connectivity index (χ0n) is 12.5. The minimum Gasteiger partial charge on any atom is -0.507 e. The second-order valence-electron chi connectivity index (χ2n) is 4.78. The summed E-state index contributed by atoms with van der Waals surface area (Å²) in [5, 5.41) is 19.7. The summed E-state index contributed by atoms with van der Waals surface area (Å²) in [7, 11) is 3.31. The van der Waals surface area contributed by atoms with Crippen LogP contribution >= 0.6 is 0 Å². The molecule has 0 radical (unpaired) electrons. The lowest BCUT2D eigenvalue weighted by Crippen LogP contribution is -2.27. The Morgan fingerprint density at radius 2 is 1.85 bits per heavy atom. The molecule has 110 valence electrons. The monoisotopic (exact) mass is 278 g/mol. The molecule has 0 saturated carbocycles. The molecule has 0 aromatic heterocycles. The molecule has 1 aromatic carbocycles. The molecule has 0 aliphatic carbocycles. The number of hydrogen-bond acceptors (Lipinski definition) is 4. The summed E-state index contributed by atoms with van der Waals surface area (Å²) in [5.41, 5.74) is 1.24. The third kappa shape index (κ3) is 3.50. The lowest BCUT2D eigenvalue weighted by molar-refractivity contribution is 0.0790. The third-order valence-electron chi connectivity index (χ3n) is 3.26. The van der Waals surface area contributed by atoms with Crippen LogP contribution in [0.2, 0.25) is 0 Å². The molecule has 0 fully saturated rings. The summed E-state index contributed by atoms with van der Waals surface area (Å²) in [6, 6.07) is 2.67. The average Bonchev–Trinajstić information content (AvgIpc) is 2.43. The second kappa shape index (κ2) is 6.93. The van der Waals surface area contributed by atoms with E-state index in [1.165, 1.54) is 12.1 Å². The molecule has 0 aliphatic heterocycles. The molecule has 1 amide bonds. The number of carbonyl (C=O) groups excluding carboxylic acids is 1. The summed E-state index contributed by atoms with van der Waals surface area (Å²) >= 11 is 0. The zero-order valence-corrected chi connectivity index (χ0v) is 12.5. The number of nitrogens with zero attached hydrogens (tertiary/aromatic N) is 2. The Balaban J connectivity index is 3.15. The van der Waals surface area contributed by atoms with E-state index in [4.69, 9.17) is 0 Å². The SMILES string of the molecule is CCCCN(C)C(=O)c1cc(C(C)=NC)c(O)cc1O. The predicted molar refractivity (Wildman–Crippen MR) is 79.8 cm³/mol.